The number of aliphatic hydroxyl groups excluding tert-OH is 1. The van der Waals surface area contributed by atoms with E-state index < -0.39 is 5.97 Å². The molecule has 1 aromatic rings. The minimum Gasteiger partial charge on any atom is -0.477 e. The van der Waals surface area contributed by atoms with Crippen molar-refractivity contribution in [2.24, 2.45) is 5.92 Å². The van der Waals surface area contributed by atoms with Crippen LogP contribution >= 0.6 is 11.3 Å². The Hall–Kier alpha value is -0.910. The topological polar surface area (TPSA) is 69.6 Å². The maximum atomic E-state index is 11.0. The Morgan fingerprint density at radius 3 is 2.94 bits per heavy atom. The molecule has 2 rings (SSSR count). The zero-order chi connectivity index (χ0) is 13.0. The van der Waals surface area contributed by atoms with Gasteiger partial charge in [0.05, 0.1) is 0 Å². The zero-order valence-electron chi connectivity index (χ0n) is 10.3. The zero-order valence-corrected chi connectivity index (χ0v) is 11.1. The van der Waals surface area contributed by atoms with Gasteiger partial charge in [-0.3, -0.25) is 0 Å². The largest absolute Gasteiger partial charge is 0.477 e. The van der Waals surface area contributed by atoms with Crippen LogP contribution in [0.15, 0.2) is 11.4 Å². The summed E-state index contributed by atoms with van der Waals surface area (Å²) in [5, 5.41) is 23.6. The van der Waals surface area contributed by atoms with Crippen LogP contribution in [0.2, 0.25) is 0 Å². The molecule has 1 aliphatic rings. The van der Waals surface area contributed by atoms with Crippen molar-refractivity contribution in [3.8, 4) is 0 Å². The monoisotopic (exact) mass is 269 g/mol. The van der Waals surface area contributed by atoms with Crippen molar-refractivity contribution in [2.75, 3.05) is 6.61 Å². The number of hydrogen-bond donors (Lipinski definition) is 3. The molecule has 18 heavy (non-hydrogen) atoms. The van der Waals surface area contributed by atoms with E-state index >= 15 is 0 Å². The van der Waals surface area contributed by atoms with Gasteiger partial charge in [0.1, 0.15) is 4.88 Å². The first kappa shape index (κ1) is 13.5. The second-order valence-corrected chi connectivity index (χ2v) is 5.71. The number of aromatic carboxylic acids is 1. The van der Waals surface area contributed by atoms with Crippen LogP contribution in [-0.2, 0) is 6.54 Å². The van der Waals surface area contributed by atoms with E-state index in [0.717, 1.165) is 18.4 Å². The van der Waals surface area contributed by atoms with E-state index in [1.807, 2.05) is 11.4 Å². The lowest BCUT2D eigenvalue weighted by Gasteiger charge is -2.31. The van der Waals surface area contributed by atoms with Gasteiger partial charge in [-0.15, -0.1) is 11.3 Å². The van der Waals surface area contributed by atoms with E-state index in [1.165, 1.54) is 24.2 Å². The van der Waals surface area contributed by atoms with E-state index in [4.69, 9.17) is 5.11 Å². The van der Waals surface area contributed by atoms with Gasteiger partial charge >= 0.3 is 5.97 Å². The summed E-state index contributed by atoms with van der Waals surface area (Å²) in [5.41, 5.74) is 0.842. The van der Waals surface area contributed by atoms with E-state index in [1.54, 1.807) is 0 Å². The summed E-state index contributed by atoms with van der Waals surface area (Å²) in [4.78, 5) is 11.4. The minimum absolute atomic E-state index is 0.215. The number of carbonyl (C=O) groups is 1. The molecule has 0 aromatic carbocycles. The molecule has 2 atom stereocenters. The van der Waals surface area contributed by atoms with Gasteiger partial charge in [0.15, 0.2) is 0 Å². The van der Waals surface area contributed by atoms with Crippen molar-refractivity contribution in [3.05, 3.63) is 21.9 Å². The lowest BCUT2D eigenvalue weighted by Crippen LogP contribution is -2.39. The van der Waals surface area contributed by atoms with Gasteiger partial charge in [0, 0.05) is 19.2 Å². The van der Waals surface area contributed by atoms with E-state index in [-0.39, 0.29) is 6.61 Å². The third-order valence-electron chi connectivity index (χ3n) is 3.64. The third kappa shape index (κ3) is 3.10. The van der Waals surface area contributed by atoms with Crippen molar-refractivity contribution in [1.29, 1.82) is 0 Å². The molecule has 1 aromatic heterocycles. The van der Waals surface area contributed by atoms with Crippen LogP contribution in [0.1, 0.15) is 40.9 Å². The van der Waals surface area contributed by atoms with Crippen LogP contribution in [-0.4, -0.2) is 28.8 Å². The average molecular weight is 269 g/mol. The molecule has 0 spiro atoms. The molecule has 1 aliphatic carbocycles. The second-order valence-electron chi connectivity index (χ2n) is 4.79. The highest BCUT2D eigenvalue weighted by atomic mass is 32.1. The summed E-state index contributed by atoms with van der Waals surface area (Å²) in [6.45, 7) is 0.791. The molecule has 0 bridgehead atoms. The summed E-state index contributed by atoms with van der Waals surface area (Å²) in [7, 11) is 0. The van der Waals surface area contributed by atoms with Gasteiger partial charge in [0.2, 0.25) is 0 Å². The first-order chi connectivity index (χ1) is 8.72. The van der Waals surface area contributed by atoms with Gasteiger partial charge in [0.25, 0.3) is 0 Å². The molecule has 0 aliphatic heterocycles. The summed E-state index contributed by atoms with van der Waals surface area (Å²) >= 11 is 1.26. The van der Waals surface area contributed by atoms with Crippen LogP contribution in [0.25, 0.3) is 0 Å². The van der Waals surface area contributed by atoms with Gasteiger partial charge in [-0.1, -0.05) is 12.8 Å². The Morgan fingerprint density at radius 2 is 2.22 bits per heavy atom. The summed E-state index contributed by atoms with van der Waals surface area (Å²) in [6.07, 6.45) is 4.49. The van der Waals surface area contributed by atoms with Gasteiger partial charge in [-0.25, -0.2) is 4.79 Å². The Labute approximate surface area is 111 Å². The molecule has 1 heterocycles. The highest BCUT2D eigenvalue weighted by Crippen LogP contribution is 2.25. The number of nitrogens with one attached hydrogen (secondary N) is 1. The minimum atomic E-state index is -0.857. The van der Waals surface area contributed by atoms with Crippen molar-refractivity contribution >= 4 is 17.3 Å². The van der Waals surface area contributed by atoms with E-state index in [0.29, 0.717) is 23.4 Å². The molecule has 1 saturated carbocycles. The molecule has 2 unspecified atom stereocenters. The molecule has 1 fully saturated rings. The quantitative estimate of drug-likeness (QED) is 0.765. The number of carboxylic acid groups (broad SMARTS) is 1. The van der Waals surface area contributed by atoms with Gasteiger partial charge in [-0.05, 0) is 35.8 Å². The van der Waals surface area contributed by atoms with Crippen molar-refractivity contribution in [2.45, 2.75) is 38.3 Å². The van der Waals surface area contributed by atoms with Crippen LogP contribution in [0.5, 0.6) is 0 Å². The molecular formula is C13H19NO3S. The molecule has 0 saturated heterocycles. The predicted molar refractivity (Wildman–Crippen MR) is 70.9 cm³/mol. The lowest BCUT2D eigenvalue weighted by atomic mass is 9.85. The molecule has 3 N–H and O–H groups in total. The molecule has 4 nitrogen and oxygen atoms in total. The molecule has 100 valence electrons. The molecule has 5 heteroatoms. The summed E-state index contributed by atoms with van der Waals surface area (Å²) < 4.78 is 0. The second kappa shape index (κ2) is 6.31. The maximum absolute atomic E-state index is 11.0. The first-order valence-electron chi connectivity index (χ1n) is 6.36. The Kier molecular flexibility index (Phi) is 4.74. The van der Waals surface area contributed by atoms with Crippen LogP contribution < -0.4 is 5.32 Å². The van der Waals surface area contributed by atoms with Crippen LogP contribution in [0, 0.1) is 5.92 Å². The lowest BCUT2D eigenvalue weighted by molar-refractivity contribution is 0.0700. The first-order valence-corrected chi connectivity index (χ1v) is 7.24. The molecule has 0 amide bonds. The third-order valence-corrected chi connectivity index (χ3v) is 4.58. The Balaban J connectivity index is 1.93. The van der Waals surface area contributed by atoms with Crippen LogP contribution in [0.3, 0.4) is 0 Å². The number of carboxylic acids is 1. The fraction of sp³-hybridized carbons (Fsp3) is 0.615. The SMILES string of the molecule is O=C(O)c1sccc1CNC1CCCCC1CO. The fourth-order valence-corrected chi connectivity index (χ4v) is 3.36. The van der Waals surface area contributed by atoms with Crippen molar-refractivity contribution in [1.82, 2.24) is 5.32 Å². The number of aliphatic hydroxyl groups is 1. The van der Waals surface area contributed by atoms with Crippen molar-refractivity contribution in [3.63, 3.8) is 0 Å². The highest BCUT2D eigenvalue weighted by molar-refractivity contribution is 7.12. The summed E-state index contributed by atoms with van der Waals surface area (Å²) in [6, 6.07) is 2.17. The van der Waals surface area contributed by atoms with E-state index in [2.05, 4.69) is 5.32 Å². The normalized spacial score (nSPS) is 24.1. The highest BCUT2D eigenvalue weighted by Gasteiger charge is 2.24. The van der Waals surface area contributed by atoms with Crippen LogP contribution in [0.4, 0.5) is 0 Å². The predicted octanol–water partition coefficient (Wildman–Crippen LogP) is 2.09. The number of hydrogen-bond acceptors (Lipinski definition) is 4. The Morgan fingerprint density at radius 1 is 1.44 bits per heavy atom. The Bertz CT molecular complexity index is 405. The molecular weight excluding hydrogens is 250 g/mol. The van der Waals surface area contributed by atoms with Gasteiger partial charge < -0.3 is 15.5 Å². The summed E-state index contributed by atoms with van der Waals surface area (Å²) in [5.74, 6) is -0.546. The standard InChI is InChI=1S/C13H19NO3S/c15-8-10-3-1-2-4-11(10)14-7-9-5-6-18-12(9)13(16)17/h5-6,10-11,14-15H,1-4,7-8H2,(H,16,17). The van der Waals surface area contributed by atoms with E-state index in [9.17, 15) is 9.90 Å². The van der Waals surface area contributed by atoms with Crippen molar-refractivity contribution < 1.29 is 15.0 Å². The van der Waals surface area contributed by atoms with Gasteiger partial charge in [-0.2, -0.15) is 0 Å². The average Bonchev–Trinajstić information content (AvgIpc) is 2.85. The number of thiophene rings is 1. The molecule has 0 radical (unpaired) electrons. The number of rotatable bonds is 5. The maximum Gasteiger partial charge on any atom is 0.346 e. The fourth-order valence-electron chi connectivity index (χ4n) is 2.60. The smallest absolute Gasteiger partial charge is 0.346 e.